The van der Waals surface area contributed by atoms with Crippen LogP contribution in [-0.4, -0.2) is 37.7 Å². The summed E-state index contributed by atoms with van der Waals surface area (Å²) in [6.07, 6.45) is 5.08. The van der Waals surface area contributed by atoms with Crippen LogP contribution in [0.2, 0.25) is 0 Å². The molecule has 0 bridgehead atoms. The summed E-state index contributed by atoms with van der Waals surface area (Å²) in [5, 5.41) is 6.58. The molecular formula is C14H26N2O2. The van der Waals surface area contributed by atoms with Crippen LogP contribution in [0.15, 0.2) is 0 Å². The van der Waals surface area contributed by atoms with Gasteiger partial charge in [-0.05, 0) is 37.6 Å². The summed E-state index contributed by atoms with van der Waals surface area (Å²) in [5.74, 6) is 0.186. The molecule has 2 N–H and O–H groups in total. The van der Waals surface area contributed by atoms with E-state index in [9.17, 15) is 4.79 Å². The first-order valence-electron chi connectivity index (χ1n) is 7.19. The number of hydrogen-bond donors (Lipinski definition) is 2. The van der Waals surface area contributed by atoms with E-state index in [0.717, 1.165) is 45.4 Å². The van der Waals surface area contributed by atoms with Crippen LogP contribution in [0.5, 0.6) is 0 Å². The van der Waals surface area contributed by atoms with E-state index in [2.05, 4.69) is 24.5 Å². The second kappa shape index (κ2) is 6.02. The summed E-state index contributed by atoms with van der Waals surface area (Å²) in [6, 6.07) is 0.302. The molecule has 2 atom stereocenters. The molecule has 104 valence electrons. The molecule has 2 unspecified atom stereocenters. The summed E-state index contributed by atoms with van der Waals surface area (Å²) in [4.78, 5) is 12.0. The molecule has 4 nitrogen and oxygen atoms in total. The maximum absolute atomic E-state index is 12.0. The number of piperidine rings is 1. The van der Waals surface area contributed by atoms with Gasteiger partial charge in [-0.15, -0.1) is 0 Å². The Morgan fingerprint density at radius 2 is 2.28 bits per heavy atom. The van der Waals surface area contributed by atoms with Gasteiger partial charge in [0.2, 0.25) is 5.91 Å². The molecule has 4 heteroatoms. The quantitative estimate of drug-likeness (QED) is 0.798. The Morgan fingerprint density at radius 1 is 1.44 bits per heavy atom. The van der Waals surface area contributed by atoms with Crippen molar-refractivity contribution >= 4 is 5.91 Å². The highest BCUT2D eigenvalue weighted by Gasteiger charge is 2.33. The zero-order valence-corrected chi connectivity index (χ0v) is 11.6. The standard InChI is InChI=1S/C14H26N2O2/c1-14(2)10-15-8-7-12(14)16-13(17)6-5-11-4-3-9-18-11/h11-12,15H,3-10H2,1-2H3,(H,16,17). The van der Waals surface area contributed by atoms with Crippen LogP contribution in [0.25, 0.3) is 0 Å². The van der Waals surface area contributed by atoms with Crippen molar-refractivity contribution in [3.8, 4) is 0 Å². The van der Waals surface area contributed by atoms with Gasteiger partial charge in [-0.2, -0.15) is 0 Å². The van der Waals surface area contributed by atoms with Gasteiger partial charge >= 0.3 is 0 Å². The number of nitrogens with one attached hydrogen (secondary N) is 2. The average molecular weight is 254 g/mol. The maximum atomic E-state index is 12.0. The first-order valence-corrected chi connectivity index (χ1v) is 7.19. The Labute approximate surface area is 110 Å². The first kappa shape index (κ1) is 13.8. The molecule has 0 saturated carbocycles. The lowest BCUT2D eigenvalue weighted by Gasteiger charge is -2.39. The highest BCUT2D eigenvalue weighted by molar-refractivity contribution is 5.76. The zero-order valence-electron chi connectivity index (χ0n) is 11.6. The summed E-state index contributed by atoms with van der Waals surface area (Å²) in [5.41, 5.74) is 0.151. The number of carbonyl (C=O) groups is 1. The molecule has 18 heavy (non-hydrogen) atoms. The second-order valence-electron chi connectivity index (χ2n) is 6.25. The molecule has 2 fully saturated rings. The Morgan fingerprint density at radius 3 is 2.94 bits per heavy atom. The minimum absolute atomic E-state index is 0.151. The zero-order chi connectivity index (χ0) is 13.0. The molecular weight excluding hydrogens is 228 g/mol. The van der Waals surface area contributed by atoms with E-state index in [0.29, 0.717) is 18.6 Å². The smallest absolute Gasteiger partial charge is 0.220 e. The van der Waals surface area contributed by atoms with E-state index in [-0.39, 0.29) is 11.3 Å². The van der Waals surface area contributed by atoms with Crippen LogP contribution in [0.4, 0.5) is 0 Å². The van der Waals surface area contributed by atoms with E-state index in [1.54, 1.807) is 0 Å². The van der Waals surface area contributed by atoms with Gasteiger partial charge in [-0.1, -0.05) is 13.8 Å². The normalized spacial score (nSPS) is 31.2. The summed E-state index contributed by atoms with van der Waals surface area (Å²) in [6.45, 7) is 7.27. The Balaban J connectivity index is 1.72. The predicted molar refractivity (Wildman–Crippen MR) is 71.4 cm³/mol. The number of amides is 1. The van der Waals surface area contributed by atoms with E-state index in [1.807, 2.05) is 0 Å². The van der Waals surface area contributed by atoms with Crippen LogP contribution in [0.3, 0.4) is 0 Å². The Hall–Kier alpha value is -0.610. The molecule has 0 radical (unpaired) electrons. The van der Waals surface area contributed by atoms with E-state index in [1.165, 1.54) is 0 Å². The molecule has 2 saturated heterocycles. The number of hydrogen-bond acceptors (Lipinski definition) is 3. The molecule has 2 aliphatic heterocycles. The lowest BCUT2D eigenvalue weighted by molar-refractivity contribution is -0.123. The van der Waals surface area contributed by atoms with Crippen molar-refractivity contribution in [1.82, 2.24) is 10.6 Å². The highest BCUT2D eigenvalue weighted by Crippen LogP contribution is 2.25. The van der Waals surface area contributed by atoms with Crippen LogP contribution >= 0.6 is 0 Å². The molecule has 2 rings (SSSR count). The van der Waals surface area contributed by atoms with Crippen LogP contribution in [0.1, 0.15) is 46.0 Å². The molecule has 1 amide bonds. The molecule has 2 aliphatic rings. The summed E-state index contributed by atoms with van der Waals surface area (Å²) < 4.78 is 5.54. The van der Waals surface area contributed by atoms with Gasteiger partial charge in [-0.25, -0.2) is 0 Å². The molecule has 0 aromatic rings. The molecule has 0 spiro atoms. The second-order valence-corrected chi connectivity index (χ2v) is 6.25. The van der Waals surface area contributed by atoms with Crippen molar-refractivity contribution in [3.63, 3.8) is 0 Å². The molecule has 0 aliphatic carbocycles. The fraction of sp³-hybridized carbons (Fsp3) is 0.929. The molecule has 2 heterocycles. The van der Waals surface area contributed by atoms with Crippen LogP contribution in [-0.2, 0) is 9.53 Å². The Bertz CT molecular complexity index is 286. The van der Waals surface area contributed by atoms with Crippen molar-refractivity contribution < 1.29 is 9.53 Å². The van der Waals surface area contributed by atoms with Crippen molar-refractivity contribution in [3.05, 3.63) is 0 Å². The fourth-order valence-corrected chi connectivity index (χ4v) is 2.87. The number of carbonyl (C=O) groups excluding carboxylic acids is 1. The number of rotatable bonds is 4. The largest absolute Gasteiger partial charge is 0.378 e. The maximum Gasteiger partial charge on any atom is 0.220 e. The molecule has 0 aromatic heterocycles. The van der Waals surface area contributed by atoms with Gasteiger partial charge in [0.1, 0.15) is 0 Å². The van der Waals surface area contributed by atoms with Gasteiger partial charge in [0.25, 0.3) is 0 Å². The van der Waals surface area contributed by atoms with Crippen molar-refractivity contribution in [1.29, 1.82) is 0 Å². The van der Waals surface area contributed by atoms with Gasteiger partial charge in [0, 0.05) is 25.6 Å². The molecule has 0 aromatic carbocycles. The summed E-state index contributed by atoms with van der Waals surface area (Å²) >= 11 is 0. The highest BCUT2D eigenvalue weighted by atomic mass is 16.5. The van der Waals surface area contributed by atoms with E-state index in [4.69, 9.17) is 4.74 Å². The fourth-order valence-electron chi connectivity index (χ4n) is 2.87. The lowest BCUT2D eigenvalue weighted by Crippen LogP contribution is -2.54. The topological polar surface area (TPSA) is 50.4 Å². The monoisotopic (exact) mass is 254 g/mol. The third-order valence-electron chi connectivity index (χ3n) is 4.19. The average Bonchev–Trinajstić information content (AvgIpc) is 2.82. The van der Waals surface area contributed by atoms with E-state index >= 15 is 0 Å². The third kappa shape index (κ3) is 3.69. The number of ether oxygens (including phenoxy) is 1. The van der Waals surface area contributed by atoms with Crippen molar-refractivity contribution in [2.45, 2.75) is 58.1 Å². The van der Waals surface area contributed by atoms with Crippen LogP contribution < -0.4 is 10.6 Å². The van der Waals surface area contributed by atoms with Gasteiger partial charge < -0.3 is 15.4 Å². The van der Waals surface area contributed by atoms with Crippen LogP contribution in [0, 0.1) is 5.41 Å². The minimum atomic E-state index is 0.151. The Kier molecular flexibility index (Phi) is 4.62. The van der Waals surface area contributed by atoms with E-state index < -0.39 is 0 Å². The predicted octanol–water partition coefficient (Wildman–Crippen LogP) is 1.45. The minimum Gasteiger partial charge on any atom is -0.378 e. The first-order chi connectivity index (χ1) is 8.58. The SMILES string of the molecule is CC1(C)CNCCC1NC(=O)CCC1CCCO1. The van der Waals surface area contributed by atoms with Crippen molar-refractivity contribution in [2.75, 3.05) is 19.7 Å². The van der Waals surface area contributed by atoms with Gasteiger partial charge in [-0.3, -0.25) is 4.79 Å². The van der Waals surface area contributed by atoms with Crippen molar-refractivity contribution in [2.24, 2.45) is 5.41 Å². The lowest BCUT2D eigenvalue weighted by atomic mass is 9.80. The van der Waals surface area contributed by atoms with Gasteiger partial charge in [0.15, 0.2) is 0 Å². The van der Waals surface area contributed by atoms with Gasteiger partial charge in [0.05, 0.1) is 6.10 Å². The summed E-state index contributed by atoms with van der Waals surface area (Å²) in [7, 11) is 0. The third-order valence-corrected chi connectivity index (χ3v) is 4.19.